The Morgan fingerprint density at radius 2 is 2.12 bits per heavy atom. The minimum Gasteiger partial charge on any atom is -0.340 e. The van der Waals surface area contributed by atoms with Gasteiger partial charge in [-0.3, -0.25) is 0 Å². The van der Waals surface area contributed by atoms with Gasteiger partial charge in [0.1, 0.15) is 5.82 Å². The number of anilines is 2. The standard InChI is InChI=1S/C14H15N3/c1-2-8-16-14(6-1)17-13-5-3-4-11-10-15-9-7-12(11)13/h1-6,8,15H,7,9-10H2,(H,16,17). The summed E-state index contributed by atoms with van der Waals surface area (Å²) in [6, 6.07) is 12.3. The molecule has 1 aromatic heterocycles. The van der Waals surface area contributed by atoms with Crippen molar-refractivity contribution in [2.24, 2.45) is 0 Å². The van der Waals surface area contributed by atoms with E-state index in [1.807, 2.05) is 18.2 Å². The smallest absolute Gasteiger partial charge is 0.130 e. The van der Waals surface area contributed by atoms with E-state index in [1.165, 1.54) is 16.8 Å². The van der Waals surface area contributed by atoms with Crippen molar-refractivity contribution >= 4 is 11.5 Å². The lowest BCUT2D eigenvalue weighted by molar-refractivity contribution is 0.645. The van der Waals surface area contributed by atoms with Crippen LogP contribution < -0.4 is 10.6 Å². The molecule has 2 N–H and O–H groups in total. The van der Waals surface area contributed by atoms with Gasteiger partial charge >= 0.3 is 0 Å². The Morgan fingerprint density at radius 1 is 1.12 bits per heavy atom. The van der Waals surface area contributed by atoms with Crippen molar-refractivity contribution in [3.05, 3.63) is 53.7 Å². The third-order valence-corrected chi connectivity index (χ3v) is 3.07. The number of fused-ring (bicyclic) bond motifs is 1. The van der Waals surface area contributed by atoms with Gasteiger partial charge in [-0.2, -0.15) is 0 Å². The summed E-state index contributed by atoms with van der Waals surface area (Å²) in [7, 11) is 0. The lowest BCUT2D eigenvalue weighted by Crippen LogP contribution is -2.24. The first-order valence-corrected chi connectivity index (χ1v) is 5.93. The highest BCUT2D eigenvalue weighted by Crippen LogP contribution is 2.25. The lowest BCUT2D eigenvalue weighted by atomic mass is 9.99. The van der Waals surface area contributed by atoms with Gasteiger partial charge in [-0.05, 0) is 42.3 Å². The molecule has 0 saturated carbocycles. The van der Waals surface area contributed by atoms with Crippen molar-refractivity contribution in [1.82, 2.24) is 10.3 Å². The molecule has 0 unspecified atom stereocenters. The quantitative estimate of drug-likeness (QED) is 0.824. The lowest BCUT2D eigenvalue weighted by Gasteiger charge is -2.20. The van der Waals surface area contributed by atoms with Crippen LogP contribution in [0.25, 0.3) is 0 Å². The van der Waals surface area contributed by atoms with Gasteiger partial charge in [-0.1, -0.05) is 18.2 Å². The Balaban J connectivity index is 1.93. The topological polar surface area (TPSA) is 37.0 Å². The van der Waals surface area contributed by atoms with Crippen molar-refractivity contribution < 1.29 is 0 Å². The van der Waals surface area contributed by atoms with Crippen LogP contribution in [0.1, 0.15) is 11.1 Å². The average Bonchev–Trinajstić information content (AvgIpc) is 2.40. The van der Waals surface area contributed by atoms with Crippen molar-refractivity contribution in [1.29, 1.82) is 0 Å². The van der Waals surface area contributed by atoms with Gasteiger partial charge in [0.2, 0.25) is 0 Å². The van der Waals surface area contributed by atoms with Crippen LogP contribution in [0, 0.1) is 0 Å². The van der Waals surface area contributed by atoms with Crippen LogP contribution in [0.4, 0.5) is 11.5 Å². The van der Waals surface area contributed by atoms with Crippen LogP contribution >= 0.6 is 0 Å². The summed E-state index contributed by atoms with van der Waals surface area (Å²) in [6.45, 7) is 2.01. The number of nitrogens with one attached hydrogen (secondary N) is 2. The minimum atomic E-state index is 0.902. The molecule has 0 radical (unpaired) electrons. The fourth-order valence-corrected chi connectivity index (χ4v) is 2.22. The van der Waals surface area contributed by atoms with E-state index in [-0.39, 0.29) is 0 Å². The number of aromatic nitrogens is 1. The van der Waals surface area contributed by atoms with Crippen LogP contribution in [0.3, 0.4) is 0 Å². The molecule has 0 amide bonds. The SMILES string of the molecule is c1ccc(Nc2cccc3c2CCNC3)nc1. The van der Waals surface area contributed by atoms with Gasteiger partial charge in [-0.15, -0.1) is 0 Å². The molecule has 86 valence electrons. The summed E-state index contributed by atoms with van der Waals surface area (Å²) in [6.07, 6.45) is 2.88. The Hall–Kier alpha value is -1.87. The molecular weight excluding hydrogens is 210 g/mol. The van der Waals surface area contributed by atoms with Crippen molar-refractivity contribution in [3.63, 3.8) is 0 Å². The second kappa shape index (κ2) is 4.55. The molecule has 1 aliphatic heterocycles. The Bertz CT molecular complexity index is 508. The summed E-state index contributed by atoms with van der Waals surface area (Å²) >= 11 is 0. The van der Waals surface area contributed by atoms with Crippen LogP contribution in [-0.2, 0) is 13.0 Å². The molecule has 0 aliphatic carbocycles. The van der Waals surface area contributed by atoms with E-state index >= 15 is 0 Å². The molecule has 0 fully saturated rings. The number of pyridine rings is 1. The van der Waals surface area contributed by atoms with E-state index in [0.717, 1.165) is 25.3 Å². The second-order valence-corrected chi connectivity index (χ2v) is 4.21. The number of rotatable bonds is 2. The van der Waals surface area contributed by atoms with Gasteiger partial charge < -0.3 is 10.6 Å². The first-order valence-electron chi connectivity index (χ1n) is 5.93. The molecule has 2 aromatic rings. The zero-order valence-electron chi connectivity index (χ0n) is 9.61. The molecule has 2 heterocycles. The highest BCUT2D eigenvalue weighted by atomic mass is 15.0. The molecule has 0 atom stereocenters. The molecule has 17 heavy (non-hydrogen) atoms. The summed E-state index contributed by atoms with van der Waals surface area (Å²) in [5.74, 6) is 0.902. The largest absolute Gasteiger partial charge is 0.340 e. The number of hydrogen-bond donors (Lipinski definition) is 2. The summed E-state index contributed by atoms with van der Waals surface area (Å²) < 4.78 is 0. The van der Waals surface area contributed by atoms with E-state index in [1.54, 1.807) is 6.20 Å². The number of benzene rings is 1. The van der Waals surface area contributed by atoms with E-state index < -0.39 is 0 Å². The maximum absolute atomic E-state index is 4.30. The van der Waals surface area contributed by atoms with E-state index in [9.17, 15) is 0 Å². The molecule has 0 saturated heterocycles. The molecular formula is C14H15N3. The molecule has 3 heteroatoms. The Morgan fingerprint density at radius 3 is 3.00 bits per heavy atom. The summed E-state index contributed by atoms with van der Waals surface area (Å²) in [5.41, 5.74) is 3.98. The second-order valence-electron chi connectivity index (χ2n) is 4.21. The first kappa shape index (κ1) is 10.3. The predicted molar refractivity (Wildman–Crippen MR) is 69.4 cm³/mol. The van der Waals surface area contributed by atoms with E-state index in [0.29, 0.717) is 0 Å². The van der Waals surface area contributed by atoms with Gasteiger partial charge in [-0.25, -0.2) is 4.98 Å². The molecule has 0 spiro atoms. The maximum atomic E-state index is 4.30. The zero-order chi connectivity index (χ0) is 11.5. The molecule has 3 rings (SSSR count). The van der Waals surface area contributed by atoms with E-state index in [4.69, 9.17) is 0 Å². The monoisotopic (exact) mass is 225 g/mol. The Labute approximate surface area is 101 Å². The minimum absolute atomic E-state index is 0.902. The number of nitrogens with zero attached hydrogens (tertiary/aromatic N) is 1. The number of hydrogen-bond acceptors (Lipinski definition) is 3. The zero-order valence-corrected chi connectivity index (χ0v) is 9.61. The van der Waals surface area contributed by atoms with Crippen molar-refractivity contribution in [3.8, 4) is 0 Å². The molecule has 3 nitrogen and oxygen atoms in total. The maximum Gasteiger partial charge on any atom is 0.130 e. The van der Waals surface area contributed by atoms with Gasteiger partial charge in [0.25, 0.3) is 0 Å². The van der Waals surface area contributed by atoms with Gasteiger partial charge in [0.15, 0.2) is 0 Å². The third-order valence-electron chi connectivity index (χ3n) is 3.07. The predicted octanol–water partition coefficient (Wildman–Crippen LogP) is 2.47. The van der Waals surface area contributed by atoms with Crippen LogP contribution in [-0.4, -0.2) is 11.5 Å². The summed E-state index contributed by atoms with van der Waals surface area (Å²) in [5, 5.41) is 6.78. The molecule has 1 aromatic carbocycles. The summed E-state index contributed by atoms with van der Waals surface area (Å²) in [4.78, 5) is 4.30. The van der Waals surface area contributed by atoms with Crippen LogP contribution in [0.2, 0.25) is 0 Å². The van der Waals surface area contributed by atoms with Gasteiger partial charge in [0.05, 0.1) is 0 Å². The van der Waals surface area contributed by atoms with Crippen LogP contribution in [0.5, 0.6) is 0 Å². The molecule has 0 bridgehead atoms. The highest BCUT2D eigenvalue weighted by Gasteiger charge is 2.12. The highest BCUT2D eigenvalue weighted by molar-refractivity contribution is 5.62. The fourth-order valence-electron chi connectivity index (χ4n) is 2.22. The Kier molecular flexibility index (Phi) is 2.76. The average molecular weight is 225 g/mol. The fraction of sp³-hybridized carbons (Fsp3) is 0.214. The first-order chi connectivity index (χ1) is 8.43. The van der Waals surface area contributed by atoms with Crippen molar-refractivity contribution in [2.75, 3.05) is 11.9 Å². The van der Waals surface area contributed by atoms with Crippen LogP contribution in [0.15, 0.2) is 42.6 Å². The normalized spacial score (nSPS) is 14.1. The van der Waals surface area contributed by atoms with Gasteiger partial charge in [0, 0.05) is 18.4 Å². The van der Waals surface area contributed by atoms with E-state index in [2.05, 4.69) is 33.8 Å². The van der Waals surface area contributed by atoms with Crippen molar-refractivity contribution in [2.45, 2.75) is 13.0 Å². The molecule has 1 aliphatic rings. The third kappa shape index (κ3) is 2.15.